The summed E-state index contributed by atoms with van der Waals surface area (Å²) in [5.74, 6) is 0.897. The van der Waals surface area contributed by atoms with Gasteiger partial charge in [-0.25, -0.2) is 0 Å². The van der Waals surface area contributed by atoms with Crippen molar-refractivity contribution in [3.8, 4) is 9.95 Å². The third-order valence-electron chi connectivity index (χ3n) is 1.21. The predicted octanol–water partition coefficient (Wildman–Crippen LogP) is -1.44. The van der Waals surface area contributed by atoms with Gasteiger partial charge < -0.3 is 21.8 Å². The van der Waals surface area contributed by atoms with E-state index in [1.54, 1.807) is 7.11 Å². The number of carbonyl (C=O) groups excluding carboxylic acids is 1. The van der Waals surface area contributed by atoms with Gasteiger partial charge in [0.05, 0.1) is 0 Å². The standard InChI is InChI=1S/C8H7O.C2H3O.3CO.BrH.W/c1-7-3-5-8(9-2)6-4-7;1-2-3;3*1-2;;/h3-6H,2H3;1H3;;;;1H;/q;-1;;;;;+1/p-1. The van der Waals surface area contributed by atoms with E-state index in [0.717, 1.165) is 11.3 Å². The molecule has 106 valence electrons. The fourth-order valence-electron chi connectivity index (χ4n) is 0.659. The molecule has 0 saturated carbocycles. The van der Waals surface area contributed by atoms with Gasteiger partial charge >= 0.3 is 105 Å². The van der Waals surface area contributed by atoms with E-state index in [1.807, 2.05) is 24.3 Å². The van der Waals surface area contributed by atoms with Gasteiger partial charge in [-0.05, 0) is 0 Å². The van der Waals surface area contributed by atoms with Gasteiger partial charge in [-0.15, -0.1) is 0 Å². The second-order valence-electron chi connectivity index (χ2n) is 2.03. The first-order valence-corrected chi connectivity index (χ1v) is 5.67. The maximum atomic E-state index is 8.68. The normalized spacial score (nSPS) is 5.15. The van der Waals surface area contributed by atoms with Crippen LogP contribution < -0.4 is 21.7 Å². The van der Waals surface area contributed by atoms with Gasteiger partial charge in [0.15, 0.2) is 0 Å². The zero-order chi connectivity index (χ0) is 16.1. The SMILES string of the molecule is COc1ccc([C]#[W+])cc1.C[C-]=O.[Br-].[C-]#[O+].[C-]#[O+].[C-]#[O+]. The third kappa shape index (κ3) is 25.6. The Morgan fingerprint density at radius 1 is 1.10 bits per heavy atom. The van der Waals surface area contributed by atoms with E-state index < -0.39 is 0 Å². The second kappa shape index (κ2) is 36.1. The maximum absolute atomic E-state index is 8.68. The molecule has 0 fully saturated rings. The Morgan fingerprint density at radius 3 is 1.60 bits per heavy atom. The molecule has 0 spiro atoms. The molecule has 1 rings (SSSR count). The Balaban J connectivity index is -0.0000000642. The van der Waals surface area contributed by atoms with Crippen molar-refractivity contribution >= 4 is 6.29 Å². The van der Waals surface area contributed by atoms with E-state index in [4.69, 9.17) is 23.5 Å². The van der Waals surface area contributed by atoms with Crippen molar-refractivity contribution in [2.45, 2.75) is 6.92 Å². The average molecular weight is 510 g/mol. The topological polar surface area (TPSA) is 86.0 Å². The summed E-state index contributed by atoms with van der Waals surface area (Å²) in [4.78, 5) is 8.68. The summed E-state index contributed by atoms with van der Waals surface area (Å²) in [5.41, 5.74) is 1.14. The van der Waals surface area contributed by atoms with Gasteiger partial charge in [-0.1, -0.05) is 0 Å². The van der Waals surface area contributed by atoms with Crippen LogP contribution in [0.5, 0.6) is 5.75 Å². The number of methoxy groups -OCH3 is 1. The summed E-state index contributed by atoms with van der Waals surface area (Å²) in [6, 6.07) is 7.86. The first-order valence-electron chi connectivity index (χ1n) is 4.20. The molecule has 0 radical (unpaired) electrons. The molecule has 0 heterocycles. The molecule has 5 nitrogen and oxygen atoms in total. The zero-order valence-corrected chi connectivity index (χ0v) is 15.2. The average Bonchev–Trinajstić information content (AvgIpc) is 2.54. The molecular weight excluding hydrogens is 500 g/mol. The number of hydrogen-bond acceptors (Lipinski definition) is 2. The van der Waals surface area contributed by atoms with Crippen LogP contribution in [0.1, 0.15) is 12.5 Å². The van der Waals surface area contributed by atoms with Crippen LogP contribution in [0.3, 0.4) is 0 Å². The predicted molar refractivity (Wildman–Crippen MR) is 59.1 cm³/mol. The molecule has 1 aromatic carbocycles. The Labute approximate surface area is 139 Å². The summed E-state index contributed by atoms with van der Waals surface area (Å²) in [6.07, 6.45) is 1.50. The molecule has 0 amide bonds. The van der Waals surface area contributed by atoms with Gasteiger partial charge in [0, 0.05) is 0 Å². The Bertz CT molecular complexity index is 389. The fourth-order valence-corrected chi connectivity index (χ4v) is 1.15. The molecule has 0 N–H and O–H groups in total. The molecule has 0 atom stereocenters. The van der Waals surface area contributed by atoms with E-state index in [-0.39, 0.29) is 17.0 Å². The van der Waals surface area contributed by atoms with Crippen LogP contribution in [0.15, 0.2) is 24.3 Å². The van der Waals surface area contributed by atoms with Crippen molar-refractivity contribution in [2.75, 3.05) is 7.11 Å². The number of rotatable bonds is 1. The van der Waals surface area contributed by atoms with Gasteiger partial charge in [0.2, 0.25) is 0 Å². The quantitative estimate of drug-likeness (QED) is 0.343. The number of benzene rings is 1. The number of hydrogen-bond donors (Lipinski definition) is 0. The molecule has 20 heavy (non-hydrogen) atoms. The van der Waals surface area contributed by atoms with Crippen LogP contribution in [-0.2, 0) is 37.9 Å². The fraction of sp³-hybridized carbons (Fsp3) is 0.154. The zero-order valence-electron chi connectivity index (χ0n) is 10.6. The van der Waals surface area contributed by atoms with Crippen LogP contribution >= 0.6 is 0 Å². The summed E-state index contributed by atoms with van der Waals surface area (Å²) >= 11 is 1.35. The van der Waals surface area contributed by atoms with Crippen molar-refractivity contribution in [1.82, 2.24) is 0 Å². The van der Waals surface area contributed by atoms with Crippen LogP contribution in [-0.4, -0.2) is 13.4 Å². The number of ether oxygens (including phenoxy) is 1. The van der Waals surface area contributed by atoms with Crippen molar-refractivity contribution in [2.24, 2.45) is 0 Å². The molecule has 0 aliphatic carbocycles. The van der Waals surface area contributed by atoms with Crippen molar-refractivity contribution < 1.29 is 59.6 Å². The Kier molecular flexibility index (Phi) is 56.5. The minimum atomic E-state index is 0. The van der Waals surface area contributed by atoms with Crippen molar-refractivity contribution in [1.29, 1.82) is 0 Å². The van der Waals surface area contributed by atoms with Crippen LogP contribution in [0.2, 0.25) is 0 Å². The molecule has 7 heteroatoms. The summed E-state index contributed by atoms with van der Waals surface area (Å²) in [6.45, 7) is 14.8. The van der Waals surface area contributed by atoms with Crippen LogP contribution in [0.4, 0.5) is 0 Å². The summed E-state index contributed by atoms with van der Waals surface area (Å²) in [7, 11) is 1.67. The molecule has 0 aliphatic rings. The second-order valence-corrected chi connectivity index (χ2v) is 2.77. The Morgan fingerprint density at radius 2 is 1.40 bits per heavy atom. The summed E-state index contributed by atoms with van der Waals surface area (Å²) < 4.78 is 30.6. The van der Waals surface area contributed by atoms with Gasteiger partial charge in [0.25, 0.3) is 0 Å². The number of halogens is 1. The molecule has 0 aliphatic heterocycles. The molecule has 0 unspecified atom stereocenters. The van der Waals surface area contributed by atoms with E-state index in [0.29, 0.717) is 0 Å². The first kappa shape index (κ1) is 31.3. The molecule has 1 aromatic rings. The third-order valence-corrected chi connectivity index (χ3v) is 2.05. The molecule has 0 bridgehead atoms. The van der Waals surface area contributed by atoms with Crippen molar-refractivity contribution in [3.05, 3.63) is 49.8 Å². The first-order chi connectivity index (χ1) is 9.28. The monoisotopic (exact) mass is 509 g/mol. The molecule has 0 saturated heterocycles. The molecule has 0 aromatic heterocycles. The van der Waals surface area contributed by atoms with E-state index in [1.165, 1.54) is 32.4 Å². The molecular formula is C13H10BrO5W-. The minimum absolute atomic E-state index is 0. The van der Waals surface area contributed by atoms with Crippen LogP contribution in [0, 0.1) is 24.2 Å². The Hall–Kier alpha value is -1.14. The van der Waals surface area contributed by atoms with Gasteiger partial charge in [0.1, 0.15) is 0 Å². The van der Waals surface area contributed by atoms with E-state index in [9.17, 15) is 0 Å². The van der Waals surface area contributed by atoms with Gasteiger partial charge in [-0.3, -0.25) is 6.29 Å². The summed E-state index contributed by atoms with van der Waals surface area (Å²) in [5, 5.41) is 0. The van der Waals surface area contributed by atoms with Crippen molar-refractivity contribution in [3.63, 3.8) is 0 Å². The van der Waals surface area contributed by atoms with Crippen LogP contribution in [0.25, 0.3) is 0 Å². The van der Waals surface area contributed by atoms with Gasteiger partial charge in [-0.2, -0.15) is 6.92 Å². The van der Waals surface area contributed by atoms with E-state index >= 15 is 0 Å². The van der Waals surface area contributed by atoms with E-state index in [2.05, 4.69) is 24.2 Å².